The summed E-state index contributed by atoms with van der Waals surface area (Å²) < 4.78 is 6.13. The van der Waals surface area contributed by atoms with Crippen LogP contribution < -0.4 is 0 Å². The molecule has 0 saturated heterocycles. The van der Waals surface area contributed by atoms with E-state index in [4.69, 9.17) is 16.5 Å². The number of hydrogen-bond acceptors (Lipinski definition) is 2. The Bertz CT molecular complexity index is 316. The summed E-state index contributed by atoms with van der Waals surface area (Å²) in [6.45, 7) is 2.82. The molecule has 0 fully saturated rings. The second kappa shape index (κ2) is 7.12. The van der Waals surface area contributed by atoms with Gasteiger partial charge in [0, 0.05) is 18.3 Å². The fraction of sp³-hybridized carbons (Fsp3) is 0.417. The number of rotatable bonds is 5. The van der Waals surface area contributed by atoms with Crippen molar-refractivity contribution >= 4 is 17.9 Å². The van der Waals surface area contributed by atoms with E-state index in [0.717, 1.165) is 22.8 Å². The van der Waals surface area contributed by atoms with Crippen LogP contribution in [0.3, 0.4) is 0 Å². The zero-order chi connectivity index (χ0) is 11.8. The van der Waals surface area contributed by atoms with E-state index in [-0.39, 0.29) is 6.61 Å². The summed E-state index contributed by atoms with van der Waals surface area (Å²) in [5.74, 6) is 0. The largest absolute Gasteiger partial charge is 0.444 e. The number of ether oxygens (including phenoxy) is 1. The van der Waals surface area contributed by atoms with Crippen molar-refractivity contribution in [1.82, 2.24) is 4.42 Å². The first-order valence-corrected chi connectivity index (χ1v) is 5.72. The Balaban J connectivity index is 2.29. The molecular weight excluding hydrogens is 226 g/mol. The van der Waals surface area contributed by atoms with Crippen LogP contribution in [0.5, 0.6) is 0 Å². The third-order valence-corrected chi connectivity index (χ3v) is 2.42. The molecule has 0 radical (unpaired) electrons. The van der Waals surface area contributed by atoms with E-state index in [1.807, 2.05) is 37.3 Å². The van der Waals surface area contributed by atoms with Gasteiger partial charge in [-0.1, -0.05) is 43.7 Å². The van der Waals surface area contributed by atoms with Crippen LogP contribution in [0.25, 0.3) is 0 Å². The second-order valence-electron chi connectivity index (χ2n) is 3.48. The Labute approximate surface area is 101 Å². The molecule has 0 heterocycles. The smallest absolute Gasteiger partial charge is 0.424 e. The van der Waals surface area contributed by atoms with Gasteiger partial charge in [-0.15, -0.1) is 0 Å². The van der Waals surface area contributed by atoms with E-state index >= 15 is 0 Å². The highest BCUT2D eigenvalue weighted by Crippen LogP contribution is 2.06. The minimum atomic E-state index is -0.487. The molecule has 0 N–H and O–H groups in total. The van der Waals surface area contributed by atoms with Gasteiger partial charge in [0.15, 0.2) is 0 Å². The molecule has 0 spiro atoms. The lowest BCUT2D eigenvalue weighted by atomic mass is 10.2. The second-order valence-corrected chi connectivity index (χ2v) is 3.89. The van der Waals surface area contributed by atoms with Crippen LogP contribution >= 0.6 is 11.8 Å². The van der Waals surface area contributed by atoms with Crippen molar-refractivity contribution in [2.75, 3.05) is 6.54 Å². The summed E-state index contributed by atoms with van der Waals surface area (Å²) in [6, 6.07) is 9.52. The fourth-order valence-electron chi connectivity index (χ4n) is 1.18. The van der Waals surface area contributed by atoms with Crippen molar-refractivity contribution in [2.24, 2.45) is 0 Å². The van der Waals surface area contributed by atoms with Crippen LogP contribution in [0.1, 0.15) is 25.3 Å². The van der Waals surface area contributed by atoms with Crippen molar-refractivity contribution in [3.63, 3.8) is 0 Å². The summed E-state index contributed by atoms with van der Waals surface area (Å²) in [5.41, 5.74) is 0.955. The summed E-state index contributed by atoms with van der Waals surface area (Å²) in [4.78, 5) is 11.4. The van der Waals surface area contributed by atoms with Crippen molar-refractivity contribution in [3.8, 4) is 0 Å². The van der Waals surface area contributed by atoms with E-state index in [2.05, 4.69) is 0 Å². The Morgan fingerprint density at radius 2 is 2.06 bits per heavy atom. The third kappa shape index (κ3) is 4.53. The molecule has 1 aromatic rings. The summed E-state index contributed by atoms with van der Waals surface area (Å²) in [7, 11) is 0. The van der Waals surface area contributed by atoms with Crippen LogP contribution in [-0.2, 0) is 11.3 Å². The molecule has 0 bridgehead atoms. The normalized spacial score (nSPS) is 9.88. The number of amides is 1. The summed E-state index contributed by atoms with van der Waals surface area (Å²) in [6.07, 6.45) is 1.39. The van der Waals surface area contributed by atoms with Gasteiger partial charge in [-0.3, -0.25) is 0 Å². The molecule has 0 aliphatic rings. The molecule has 0 aliphatic heterocycles. The molecule has 1 amide bonds. The maximum absolute atomic E-state index is 11.4. The first-order chi connectivity index (χ1) is 7.74. The van der Waals surface area contributed by atoms with Gasteiger partial charge in [0.05, 0.1) is 0 Å². The Hall–Kier alpha value is -1.22. The maximum atomic E-state index is 11.4. The van der Waals surface area contributed by atoms with E-state index in [1.54, 1.807) is 0 Å². The Morgan fingerprint density at radius 3 is 2.69 bits per heavy atom. The highest BCUT2D eigenvalue weighted by atomic mass is 35.5. The monoisotopic (exact) mass is 241 g/mol. The van der Waals surface area contributed by atoms with E-state index in [0.29, 0.717) is 6.54 Å². The summed E-state index contributed by atoms with van der Waals surface area (Å²) >= 11 is 5.74. The molecule has 1 rings (SSSR count). The standard InChI is InChI=1S/C12H16ClNO2/c1-2-3-9-14(13)12(15)16-10-11-7-5-4-6-8-11/h4-8H,2-3,9-10H2,1H3. The molecule has 3 nitrogen and oxygen atoms in total. The van der Waals surface area contributed by atoms with Crippen LogP contribution in [0.2, 0.25) is 0 Å². The zero-order valence-electron chi connectivity index (χ0n) is 9.36. The zero-order valence-corrected chi connectivity index (χ0v) is 10.1. The van der Waals surface area contributed by atoms with Gasteiger partial charge in [-0.25, -0.2) is 9.21 Å². The average Bonchev–Trinajstić information content (AvgIpc) is 2.34. The third-order valence-electron chi connectivity index (χ3n) is 2.11. The van der Waals surface area contributed by atoms with Gasteiger partial charge >= 0.3 is 6.09 Å². The summed E-state index contributed by atoms with van der Waals surface area (Å²) in [5, 5.41) is 0. The van der Waals surface area contributed by atoms with Gasteiger partial charge in [-0.2, -0.15) is 0 Å². The SMILES string of the molecule is CCCCN(Cl)C(=O)OCc1ccccc1. The number of hydrogen-bond donors (Lipinski definition) is 0. The maximum Gasteiger partial charge on any atom is 0.424 e. The average molecular weight is 242 g/mol. The number of nitrogens with zero attached hydrogens (tertiary/aromatic N) is 1. The molecular formula is C12H16ClNO2. The lowest BCUT2D eigenvalue weighted by Crippen LogP contribution is -2.23. The van der Waals surface area contributed by atoms with Gasteiger partial charge < -0.3 is 4.74 Å². The lowest BCUT2D eigenvalue weighted by molar-refractivity contribution is 0.119. The number of halogens is 1. The molecule has 4 heteroatoms. The van der Waals surface area contributed by atoms with E-state index in [9.17, 15) is 4.79 Å². The number of unbranched alkanes of at least 4 members (excludes halogenated alkanes) is 1. The predicted molar refractivity (Wildman–Crippen MR) is 64.1 cm³/mol. The highest BCUT2D eigenvalue weighted by Gasteiger charge is 2.11. The van der Waals surface area contributed by atoms with Crippen LogP contribution in [0, 0.1) is 0 Å². The number of carbonyl (C=O) groups excluding carboxylic acids is 1. The van der Waals surface area contributed by atoms with Gasteiger partial charge in [0.2, 0.25) is 0 Å². The van der Waals surface area contributed by atoms with Crippen LogP contribution in [0.15, 0.2) is 30.3 Å². The topological polar surface area (TPSA) is 29.5 Å². The van der Waals surface area contributed by atoms with Gasteiger partial charge in [0.25, 0.3) is 0 Å². The lowest BCUT2D eigenvalue weighted by Gasteiger charge is -2.13. The molecule has 88 valence electrons. The van der Waals surface area contributed by atoms with Crippen molar-refractivity contribution in [1.29, 1.82) is 0 Å². The Kier molecular flexibility index (Phi) is 5.72. The predicted octanol–water partition coefficient (Wildman–Crippen LogP) is 3.58. The Morgan fingerprint density at radius 1 is 1.38 bits per heavy atom. The molecule has 0 aromatic heterocycles. The molecule has 0 unspecified atom stereocenters. The van der Waals surface area contributed by atoms with Gasteiger partial charge in [-0.05, 0) is 12.0 Å². The van der Waals surface area contributed by atoms with Crippen LogP contribution in [0.4, 0.5) is 4.79 Å². The van der Waals surface area contributed by atoms with E-state index < -0.39 is 6.09 Å². The fourth-order valence-corrected chi connectivity index (χ4v) is 1.35. The molecule has 16 heavy (non-hydrogen) atoms. The van der Waals surface area contributed by atoms with Crippen molar-refractivity contribution in [2.45, 2.75) is 26.4 Å². The molecule has 1 aromatic carbocycles. The quantitative estimate of drug-likeness (QED) is 0.738. The van der Waals surface area contributed by atoms with E-state index in [1.165, 1.54) is 0 Å². The first kappa shape index (κ1) is 12.8. The first-order valence-electron chi connectivity index (χ1n) is 5.38. The molecule has 0 aliphatic carbocycles. The number of benzene rings is 1. The minimum Gasteiger partial charge on any atom is -0.444 e. The van der Waals surface area contributed by atoms with Crippen molar-refractivity contribution < 1.29 is 9.53 Å². The highest BCUT2D eigenvalue weighted by molar-refractivity contribution is 6.20. The molecule has 0 atom stereocenters. The number of carbonyl (C=O) groups is 1. The van der Waals surface area contributed by atoms with Crippen molar-refractivity contribution in [3.05, 3.63) is 35.9 Å². The van der Waals surface area contributed by atoms with Gasteiger partial charge in [0.1, 0.15) is 6.61 Å². The van der Waals surface area contributed by atoms with Crippen LogP contribution in [-0.4, -0.2) is 17.1 Å². The molecule has 0 saturated carbocycles. The minimum absolute atomic E-state index is 0.259.